The third-order valence-electron chi connectivity index (χ3n) is 2.66. The summed E-state index contributed by atoms with van der Waals surface area (Å²) < 4.78 is 0. The molecule has 1 aromatic carbocycles. The summed E-state index contributed by atoms with van der Waals surface area (Å²) in [7, 11) is 0. The molecular formula is C14H22N2O. The predicted octanol–water partition coefficient (Wildman–Crippen LogP) is 3.56. The molecule has 3 nitrogen and oxygen atoms in total. The number of hydrogen-bond acceptors (Lipinski definition) is 2. The molecule has 0 saturated carbocycles. The van der Waals surface area contributed by atoms with Gasteiger partial charge in [0.15, 0.2) is 0 Å². The summed E-state index contributed by atoms with van der Waals surface area (Å²) in [6.07, 6.45) is 3.66. The van der Waals surface area contributed by atoms with Crippen molar-refractivity contribution in [1.82, 2.24) is 0 Å². The summed E-state index contributed by atoms with van der Waals surface area (Å²) in [5.41, 5.74) is 3.03. The maximum Gasteiger partial charge on any atom is 0.221 e. The molecule has 0 saturated heterocycles. The zero-order chi connectivity index (χ0) is 12.7. The number of anilines is 2. The van der Waals surface area contributed by atoms with Crippen molar-refractivity contribution in [3.05, 3.63) is 23.8 Å². The molecule has 1 amide bonds. The number of hydrogen-bond donors (Lipinski definition) is 2. The fraction of sp³-hybridized carbons (Fsp3) is 0.500. The normalized spacial score (nSPS) is 10.1. The molecule has 0 aliphatic heterocycles. The molecule has 94 valence electrons. The first kappa shape index (κ1) is 13.6. The first-order valence-corrected chi connectivity index (χ1v) is 6.25. The summed E-state index contributed by atoms with van der Waals surface area (Å²) in [4.78, 5) is 11.0. The van der Waals surface area contributed by atoms with E-state index < -0.39 is 0 Å². The van der Waals surface area contributed by atoms with Gasteiger partial charge in [0.2, 0.25) is 5.91 Å². The van der Waals surface area contributed by atoms with Crippen LogP contribution in [0.15, 0.2) is 18.2 Å². The van der Waals surface area contributed by atoms with E-state index in [1.807, 2.05) is 25.1 Å². The van der Waals surface area contributed by atoms with E-state index in [0.717, 1.165) is 23.5 Å². The van der Waals surface area contributed by atoms with Crippen LogP contribution in [-0.4, -0.2) is 12.5 Å². The number of benzene rings is 1. The van der Waals surface area contributed by atoms with E-state index in [2.05, 4.69) is 17.6 Å². The molecule has 0 aliphatic rings. The van der Waals surface area contributed by atoms with Gasteiger partial charge in [0, 0.05) is 24.8 Å². The Balaban J connectivity index is 2.58. The Morgan fingerprint density at radius 3 is 2.71 bits per heavy atom. The number of carbonyl (C=O) groups is 1. The molecule has 0 bridgehead atoms. The van der Waals surface area contributed by atoms with Gasteiger partial charge in [0.05, 0.1) is 0 Å². The molecule has 0 radical (unpaired) electrons. The minimum atomic E-state index is -0.0313. The number of nitrogens with one attached hydrogen (secondary N) is 2. The Labute approximate surface area is 104 Å². The highest BCUT2D eigenvalue weighted by Crippen LogP contribution is 2.20. The Kier molecular flexibility index (Phi) is 5.53. The third kappa shape index (κ3) is 4.89. The maximum absolute atomic E-state index is 11.0. The average molecular weight is 234 g/mol. The van der Waals surface area contributed by atoms with Gasteiger partial charge in [-0.25, -0.2) is 0 Å². The number of amides is 1. The van der Waals surface area contributed by atoms with Crippen LogP contribution in [0, 0.1) is 6.92 Å². The van der Waals surface area contributed by atoms with Crippen molar-refractivity contribution >= 4 is 17.3 Å². The van der Waals surface area contributed by atoms with Crippen LogP contribution < -0.4 is 10.6 Å². The van der Waals surface area contributed by atoms with Crippen LogP contribution in [0.5, 0.6) is 0 Å². The van der Waals surface area contributed by atoms with Crippen molar-refractivity contribution in [2.24, 2.45) is 0 Å². The molecule has 0 aliphatic carbocycles. The minimum absolute atomic E-state index is 0.0313. The molecule has 3 heteroatoms. The Morgan fingerprint density at radius 1 is 1.29 bits per heavy atom. The topological polar surface area (TPSA) is 41.1 Å². The molecule has 17 heavy (non-hydrogen) atoms. The lowest BCUT2D eigenvalue weighted by Crippen LogP contribution is -2.08. The van der Waals surface area contributed by atoms with Crippen molar-refractivity contribution in [3.63, 3.8) is 0 Å². The number of unbranched alkanes of at least 4 members (excludes halogenated alkanes) is 2. The third-order valence-corrected chi connectivity index (χ3v) is 2.66. The smallest absolute Gasteiger partial charge is 0.221 e. The van der Waals surface area contributed by atoms with Gasteiger partial charge in [-0.15, -0.1) is 0 Å². The SMILES string of the molecule is CCCCCNc1ccc(C)c(NC(C)=O)c1. The second kappa shape index (κ2) is 6.94. The van der Waals surface area contributed by atoms with E-state index in [-0.39, 0.29) is 5.91 Å². The van der Waals surface area contributed by atoms with Gasteiger partial charge in [-0.2, -0.15) is 0 Å². The molecule has 1 rings (SSSR count). The zero-order valence-electron chi connectivity index (χ0n) is 11.0. The Bertz CT molecular complexity index is 374. The molecule has 0 unspecified atom stereocenters. The van der Waals surface area contributed by atoms with Gasteiger partial charge in [-0.1, -0.05) is 25.8 Å². The van der Waals surface area contributed by atoms with Crippen LogP contribution in [0.2, 0.25) is 0 Å². The van der Waals surface area contributed by atoms with E-state index in [9.17, 15) is 4.79 Å². The summed E-state index contributed by atoms with van der Waals surface area (Å²) in [6.45, 7) is 6.70. The van der Waals surface area contributed by atoms with Crippen LogP contribution in [0.25, 0.3) is 0 Å². The Morgan fingerprint density at radius 2 is 2.06 bits per heavy atom. The first-order chi connectivity index (χ1) is 8.13. The van der Waals surface area contributed by atoms with Gasteiger partial charge in [-0.3, -0.25) is 4.79 Å². The highest BCUT2D eigenvalue weighted by Gasteiger charge is 2.01. The molecule has 0 spiro atoms. The lowest BCUT2D eigenvalue weighted by atomic mass is 10.1. The molecule has 0 fully saturated rings. The van der Waals surface area contributed by atoms with Gasteiger partial charge in [-0.05, 0) is 31.0 Å². The van der Waals surface area contributed by atoms with Gasteiger partial charge in [0.25, 0.3) is 0 Å². The van der Waals surface area contributed by atoms with Crippen molar-refractivity contribution in [1.29, 1.82) is 0 Å². The largest absolute Gasteiger partial charge is 0.385 e. The average Bonchev–Trinajstić information content (AvgIpc) is 2.28. The Hall–Kier alpha value is -1.51. The molecule has 2 N–H and O–H groups in total. The number of carbonyl (C=O) groups excluding carboxylic acids is 1. The van der Waals surface area contributed by atoms with E-state index in [1.165, 1.54) is 26.2 Å². The monoisotopic (exact) mass is 234 g/mol. The van der Waals surface area contributed by atoms with Crippen LogP contribution in [0.3, 0.4) is 0 Å². The van der Waals surface area contributed by atoms with Crippen molar-refractivity contribution < 1.29 is 4.79 Å². The van der Waals surface area contributed by atoms with Crippen molar-refractivity contribution in [2.45, 2.75) is 40.0 Å². The van der Waals surface area contributed by atoms with E-state index in [1.54, 1.807) is 0 Å². The fourth-order valence-corrected chi connectivity index (χ4v) is 1.66. The van der Waals surface area contributed by atoms with Crippen LogP contribution in [-0.2, 0) is 4.79 Å². The van der Waals surface area contributed by atoms with Gasteiger partial charge < -0.3 is 10.6 Å². The molecule has 0 aromatic heterocycles. The second-order valence-electron chi connectivity index (χ2n) is 4.34. The number of aryl methyl sites for hydroxylation is 1. The molecule has 0 heterocycles. The van der Waals surface area contributed by atoms with Crippen molar-refractivity contribution in [2.75, 3.05) is 17.2 Å². The number of rotatable bonds is 6. The molecular weight excluding hydrogens is 212 g/mol. The van der Waals surface area contributed by atoms with E-state index in [4.69, 9.17) is 0 Å². The van der Waals surface area contributed by atoms with Gasteiger partial charge in [0.1, 0.15) is 0 Å². The zero-order valence-corrected chi connectivity index (χ0v) is 11.0. The standard InChI is InChI=1S/C14H22N2O/c1-4-5-6-9-15-13-8-7-11(2)14(10-13)16-12(3)17/h7-8,10,15H,4-6,9H2,1-3H3,(H,16,17). The van der Waals surface area contributed by atoms with Gasteiger partial charge >= 0.3 is 0 Å². The maximum atomic E-state index is 11.0. The highest BCUT2D eigenvalue weighted by atomic mass is 16.1. The highest BCUT2D eigenvalue weighted by molar-refractivity contribution is 5.90. The predicted molar refractivity (Wildman–Crippen MR) is 73.5 cm³/mol. The van der Waals surface area contributed by atoms with Crippen LogP contribution in [0.4, 0.5) is 11.4 Å². The lowest BCUT2D eigenvalue weighted by Gasteiger charge is -2.11. The summed E-state index contributed by atoms with van der Waals surface area (Å²) in [5.74, 6) is -0.0313. The minimum Gasteiger partial charge on any atom is -0.385 e. The summed E-state index contributed by atoms with van der Waals surface area (Å²) in [5, 5.41) is 6.21. The van der Waals surface area contributed by atoms with E-state index >= 15 is 0 Å². The fourth-order valence-electron chi connectivity index (χ4n) is 1.66. The second-order valence-corrected chi connectivity index (χ2v) is 4.34. The summed E-state index contributed by atoms with van der Waals surface area (Å²) in [6, 6.07) is 6.06. The quantitative estimate of drug-likeness (QED) is 0.739. The van der Waals surface area contributed by atoms with Crippen LogP contribution in [0.1, 0.15) is 38.7 Å². The van der Waals surface area contributed by atoms with E-state index in [0.29, 0.717) is 0 Å². The summed E-state index contributed by atoms with van der Waals surface area (Å²) >= 11 is 0. The molecule has 0 atom stereocenters. The molecule has 1 aromatic rings. The van der Waals surface area contributed by atoms with Crippen LogP contribution >= 0.6 is 0 Å². The lowest BCUT2D eigenvalue weighted by molar-refractivity contribution is -0.114. The first-order valence-electron chi connectivity index (χ1n) is 6.25. The van der Waals surface area contributed by atoms with Crippen molar-refractivity contribution in [3.8, 4) is 0 Å².